The monoisotopic (exact) mass is 1600 g/mol. The summed E-state index contributed by atoms with van der Waals surface area (Å²) in [7, 11) is 5.93. The molecular weight excluding hydrogens is 1490 g/mol. The number of aliphatic hydroxyl groups excluding tert-OH is 1. The number of carbonyl (C=O) groups excluding carboxylic acids is 7. The summed E-state index contributed by atoms with van der Waals surface area (Å²) < 4.78 is 31.5. The summed E-state index contributed by atoms with van der Waals surface area (Å²) in [6, 6.07) is 30.3. The second-order valence-electron chi connectivity index (χ2n) is 33.2. The molecule has 2 bridgehead atoms. The van der Waals surface area contributed by atoms with Gasteiger partial charge in [-0.2, -0.15) is 5.26 Å². The van der Waals surface area contributed by atoms with Gasteiger partial charge in [-0.25, -0.2) is 4.98 Å². The predicted molar refractivity (Wildman–Crippen MR) is 439 cm³/mol. The average Bonchev–Trinajstić information content (AvgIpc) is 1.67. The molecule has 13 rings (SSSR count). The minimum atomic E-state index is -1.35. The van der Waals surface area contributed by atoms with Gasteiger partial charge in [0.1, 0.15) is 48.5 Å². The maximum atomic E-state index is 14.7. The lowest BCUT2D eigenvalue weighted by molar-refractivity contribution is -0.159. The van der Waals surface area contributed by atoms with Crippen LogP contribution in [0.5, 0.6) is 17.5 Å². The van der Waals surface area contributed by atoms with Gasteiger partial charge in [0.05, 0.1) is 47.4 Å². The number of nitrogens with zero attached hydrogens (tertiary/aromatic N) is 13. The van der Waals surface area contributed by atoms with E-state index in [2.05, 4.69) is 73.7 Å². The van der Waals surface area contributed by atoms with Gasteiger partial charge < -0.3 is 80.1 Å². The van der Waals surface area contributed by atoms with Crippen LogP contribution in [0, 0.1) is 22.7 Å². The fraction of sp³-hybridized carbons (Fsp3) is 0.540. The summed E-state index contributed by atoms with van der Waals surface area (Å²) in [5, 5.41) is 39.3. The number of amides is 7. The number of likely N-dealkylation sites (tertiary alicyclic amines) is 2. The van der Waals surface area contributed by atoms with Crippen molar-refractivity contribution in [2.24, 2.45) is 17.1 Å². The lowest BCUT2D eigenvalue weighted by Crippen LogP contribution is -2.59. The van der Waals surface area contributed by atoms with Gasteiger partial charge in [-0.05, 0) is 183 Å². The van der Waals surface area contributed by atoms with Crippen LogP contribution >= 0.6 is 0 Å². The zero-order valence-corrected chi connectivity index (χ0v) is 68.1. The number of nitrogen functional groups attached to an aromatic ring is 1. The fourth-order valence-electron chi connectivity index (χ4n) is 17.3. The molecule has 6 fully saturated rings. The zero-order valence-electron chi connectivity index (χ0n) is 68.1. The van der Waals surface area contributed by atoms with E-state index in [9.17, 15) is 43.9 Å². The molecule has 8 heterocycles. The molecule has 3 aromatic carbocycles. The van der Waals surface area contributed by atoms with Crippen molar-refractivity contribution in [2.75, 3.05) is 121 Å². The summed E-state index contributed by atoms with van der Waals surface area (Å²) in [5.41, 5.74) is 17.3. The number of piperidine rings is 1. The number of nitrogens with one attached hydrogen (secondary N) is 2. The molecule has 30 nitrogen and oxygen atoms in total. The van der Waals surface area contributed by atoms with E-state index in [1.165, 1.54) is 22.0 Å². The van der Waals surface area contributed by atoms with E-state index in [1.807, 2.05) is 103 Å². The Kier molecular flexibility index (Phi) is 27.9. The number of anilines is 4. The van der Waals surface area contributed by atoms with Gasteiger partial charge in [-0.15, -0.1) is 10.2 Å². The number of pyridine rings is 1. The van der Waals surface area contributed by atoms with E-state index in [4.69, 9.17) is 34.9 Å². The second-order valence-corrected chi connectivity index (χ2v) is 33.2. The second kappa shape index (κ2) is 38.7. The molecule has 7 amide bonds. The first-order valence-corrected chi connectivity index (χ1v) is 41.6. The number of benzene rings is 3. The van der Waals surface area contributed by atoms with Crippen LogP contribution in [0.15, 0.2) is 120 Å². The maximum Gasteiger partial charge on any atom is 0.254 e. The van der Waals surface area contributed by atoms with Crippen molar-refractivity contribution in [1.29, 1.82) is 5.26 Å². The Labute approximate surface area is 684 Å². The molecule has 3 aromatic heterocycles. The highest BCUT2D eigenvalue weighted by molar-refractivity contribution is 6.13. The van der Waals surface area contributed by atoms with Gasteiger partial charge in [0.25, 0.3) is 17.7 Å². The number of ether oxygens (including phenoxy) is 4. The van der Waals surface area contributed by atoms with Gasteiger partial charge in [0.15, 0.2) is 11.6 Å². The quantitative estimate of drug-likeness (QED) is 0.0138. The molecule has 0 radical (unpaired) electrons. The molecule has 624 valence electrons. The number of hydrogen-bond donors (Lipinski definition) is 5. The van der Waals surface area contributed by atoms with Crippen LogP contribution in [-0.2, 0) is 44.9 Å². The molecular formula is C87H113N17O13. The number of imide groups is 1. The Hall–Kier alpha value is -10.6. The normalized spacial score (nSPS) is 21.2. The largest absolute Gasteiger partial charge is 0.488 e. The number of piperazine rings is 1. The number of aromatic nitrogens is 4. The Bertz CT molecular complexity index is 4490. The highest BCUT2D eigenvalue weighted by atomic mass is 16.5. The minimum absolute atomic E-state index is 0.000115. The number of hydrogen-bond acceptors (Lipinski definition) is 24. The molecule has 117 heavy (non-hydrogen) atoms. The average molecular weight is 1600 g/mol. The number of β-amino-alcohol motifs (C(OH)–C–C–N with tert-alkyl or cyclic N) is 1. The molecule has 2 aliphatic carbocycles. The maximum absolute atomic E-state index is 14.7. The lowest BCUT2D eigenvalue weighted by atomic mass is 9.67. The number of rotatable bonds is 39. The van der Waals surface area contributed by atoms with Crippen LogP contribution in [0.3, 0.4) is 0 Å². The van der Waals surface area contributed by atoms with Crippen molar-refractivity contribution < 1.29 is 62.1 Å². The number of para-hydroxylation sites is 1. The van der Waals surface area contributed by atoms with Crippen molar-refractivity contribution >= 4 is 64.2 Å². The van der Waals surface area contributed by atoms with Crippen LogP contribution < -0.4 is 46.1 Å². The fourth-order valence-corrected chi connectivity index (χ4v) is 17.3. The summed E-state index contributed by atoms with van der Waals surface area (Å²) in [4.78, 5) is 115. The van der Waals surface area contributed by atoms with Crippen molar-refractivity contribution in [3.8, 4) is 34.8 Å². The van der Waals surface area contributed by atoms with E-state index in [0.29, 0.717) is 111 Å². The molecule has 2 unspecified atom stereocenters. The van der Waals surface area contributed by atoms with E-state index >= 15 is 0 Å². The number of carbonyl (C=O) groups is 7. The Morgan fingerprint density at radius 1 is 0.769 bits per heavy atom. The van der Waals surface area contributed by atoms with Crippen LogP contribution in [-0.4, -0.2) is 245 Å². The number of nitrogens with two attached hydrogens (primary N) is 2. The number of nitriles is 1. The summed E-state index contributed by atoms with van der Waals surface area (Å²) in [6.07, 6.45) is 14.6. The Balaban J connectivity index is 0.548. The molecule has 7 atom stereocenters. The minimum Gasteiger partial charge on any atom is -0.488 e. The van der Waals surface area contributed by atoms with Crippen molar-refractivity contribution in [2.45, 2.75) is 191 Å². The van der Waals surface area contributed by atoms with E-state index in [-0.39, 0.29) is 104 Å². The highest BCUT2D eigenvalue weighted by Gasteiger charge is 2.53. The van der Waals surface area contributed by atoms with Crippen LogP contribution in [0.1, 0.15) is 158 Å². The zero-order chi connectivity index (χ0) is 82.4. The molecule has 4 saturated heterocycles. The first kappa shape index (κ1) is 84.3. The Morgan fingerprint density at radius 3 is 2.18 bits per heavy atom. The van der Waals surface area contributed by atoms with E-state index in [0.717, 1.165) is 119 Å². The number of unbranched alkanes of at least 4 members (excludes halogenated alkanes) is 3. The van der Waals surface area contributed by atoms with Gasteiger partial charge >= 0.3 is 0 Å². The van der Waals surface area contributed by atoms with Crippen LogP contribution in [0.2, 0.25) is 0 Å². The summed E-state index contributed by atoms with van der Waals surface area (Å²) in [5.74, 6) is -1.53. The highest BCUT2D eigenvalue weighted by Crippen LogP contribution is 2.45. The predicted octanol–water partition coefficient (Wildman–Crippen LogP) is 8.02. The van der Waals surface area contributed by atoms with Crippen molar-refractivity contribution in [3.63, 3.8) is 0 Å². The number of likely N-dealkylation sites (N-methyl/N-ethyl adjacent to an activating group) is 1. The van der Waals surface area contributed by atoms with Gasteiger partial charge in [-0.1, -0.05) is 63.1 Å². The van der Waals surface area contributed by atoms with Crippen LogP contribution in [0.25, 0.3) is 11.3 Å². The first-order chi connectivity index (χ1) is 56.5. The van der Waals surface area contributed by atoms with Gasteiger partial charge in [0, 0.05) is 138 Å². The smallest absolute Gasteiger partial charge is 0.254 e. The number of fused-ring (bicyclic) bond motifs is 2. The van der Waals surface area contributed by atoms with E-state index < -0.39 is 41.3 Å². The van der Waals surface area contributed by atoms with Gasteiger partial charge in [0.2, 0.25) is 35.4 Å². The van der Waals surface area contributed by atoms with Crippen LogP contribution in [0.4, 0.5) is 22.9 Å². The molecule has 0 spiro atoms. The lowest BCUT2D eigenvalue weighted by Gasteiger charge is -2.43. The molecule has 6 aromatic rings. The molecule has 2 saturated carbocycles. The summed E-state index contributed by atoms with van der Waals surface area (Å²) >= 11 is 0. The third kappa shape index (κ3) is 20.7. The molecule has 30 heteroatoms. The summed E-state index contributed by atoms with van der Waals surface area (Å²) in [6.45, 7) is 12.7. The number of aliphatic hydroxyl groups is 1. The molecule has 7 N–H and O–H groups in total. The molecule has 7 aliphatic rings. The van der Waals surface area contributed by atoms with Crippen molar-refractivity contribution in [3.05, 3.63) is 138 Å². The van der Waals surface area contributed by atoms with Crippen molar-refractivity contribution in [1.82, 2.24) is 55.1 Å². The topological polar surface area (TPSA) is 367 Å². The SMILES string of the molecule is CC(C)[C@@H](C(=O)N1C[C@H](O)C[C@H]1C(=O)N[C@H](C)c1ccc(C#N)cc1)c1cc(OCCN2CCC(OC3CC(Oc4cc(N5C6CCC5CN(c5cc(-c7ccccc7OCc7ccc(NC(=O)[C@H](CCCCN(C)C)N(CCCCCN(C)CCN8C(=O)C=CC8=O)C(=O)C8(C(N)=O)CCC8)cc7)nnc5N)C6)ccn4)C3)CC2)no1. The standard InChI is InChI=1S/C87H113N17O13/c1-56(2)80(84(110)103-54-65(105)46-73(103)83(109)92-57(3)60-22-18-58(51-88)19-23-60)75-50-77(96-117-75)113-44-43-99-39-31-66(32-40-99)115-67-47-68(48-67)116-76-45-62(30-35-91-76)104-63-26-27-64(104)53-100(52-63)72-49-70(94-95-81(72)89)69-15-8-9-17-74(69)114-55-59-20-24-61(25-21-59)93-82(108)71(16-10-13-36-97(4)5)101(86(112)87(85(90)111)33-14-34-87)38-12-7-11-37-98(6)41-42-102-78(106)28-29-79(102)107/h8-9,15,17-25,28-30,35,45,49-50,56-57,63-68,71,73,80,105H,7,10-14,16,26-27,31-34,36-44,46-48,52-55H2,1-6H3,(H2,89,95)(H2,90,111)(H,92,109)(H,93,108)/t57-,63?,64?,65-,67?,68?,71+,73+,80-/m1/s1. The Morgan fingerprint density at radius 2 is 1.49 bits per heavy atom. The third-order valence-corrected chi connectivity index (χ3v) is 24.3. The third-order valence-electron chi connectivity index (χ3n) is 24.3. The van der Waals surface area contributed by atoms with E-state index in [1.54, 1.807) is 35.2 Å². The first-order valence-electron chi connectivity index (χ1n) is 41.6. The van der Waals surface area contributed by atoms with Gasteiger partial charge in [-0.3, -0.25) is 43.4 Å². The molecule has 5 aliphatic heterocycles. The number of primary amides is 1.